The number of anilines is 2. The average molecular weight is 240 g/mol. The molecule has 0 aliphatic rings. The largest absolute Gasteiger partial charge is 0.378 e. The summed E-state index contributed by atoms with van der Waals surface area (Å²) in [6, 6.07) is 19.2. The number of rotatable bonds is 4. The Labute approximate surface area is 109 Å². The van der Waals surface area contributed by atoms with Crippen LogP contribution in [0.3, 0.4) is 0 Å². The van der Waals surface area contributed by atoms with E-state index in [0.29, 0.717) is 0 Å². The molecule has 0 aromatic heterocycles. The van der Waals surface area contributed by atoms with Gasteiger partial charge in [0.25, 0.3) is 0 Å². The van der Waals surface area contributed by atoms with Gasteiger partial charge in [0, 0.05) is 39.1 Å². The van der Waals surface area contributed by atoms with Gasteiger partial charge in [-0.1, -0.05) is 30.3 Å². The monoisotopic (exact) mass is 240 g/mol. The van der Waals surface area contributed by atoms with E-state index in [1.54, 1.807) is 0 Å². The maximum absolute atomic E-state index is 2.25. The fraction of sp³-hybridized carbons (Fsp3) is 0.250. The van der Waals surface area contributed by atoms with E-state index in [1.807, 2.05) is 6.07 Å². The Bertz CT molecular complexity index is 474. The van der Waals surface area contributed by atoms with Gasteiger partial charge in [0.05, 0.1) is 0 Å². The van der Waals surface area contributed by atoms with Crippen molar-refractivity contribution < 1.29 is 0 Å². The van der Waals surface area contributed by atoms with Gasteiger partial charge in [0.1, 0.15) is 0 Å². The molecule has 2 aromatic rings. The summed E-state index contributed by atoms with van der Waals surface area (Å²) in [6.07, 6.45) is 0. The highest BCUT2D eigenvalue weighted by atomic mass is 15.1. The van der Waals surface area contributed by atoms with Crippen LogP contribution in [-0.2, 0) is 6.54 Å². The predicted molar refractivity (Wildman–Crippen MR) is 79.3 cm³/mol. The number of hydrogen-bond donors (Lipinski definition) is 0. The zero-order chi connectivity index (χ0) is 13.0. The lowest BCUT2D eigenvalue weighted by Crippen LogP contribution is -2.16. The Morgan fingerprint density at radius 2 is 1.33 bits per heavy atom. The molecule has 0 spiro atoms. The molecule has 0 heterocycles. The van der Waals surface area contributed by atoms with Gasteiger partial charge < -0.3 is 9.80 Å². The molecule has 0 aliphatic heterocycles. The summed E-state index contributed by atoms with van der Waals surface area (Å²) < 4.78 is 0. The van der Waals surface area contributed by atoms with Crippen LogP contribution in [0, 0.1) is 0 Å². The Morgan fingerprint density at radius 3 is 1.89 bits per heavy atom. The molecule has 0 amide bonds. The Morgan fingerprint density at radius 1 is 0.722 bits per heavy atom. The first-order chi connectivity index (χ1) is 8.66. The Balaban J connectivity index is 2.05. The topological polar surface area (TPSA) is 6.48 Å². The van der Waals surface area contributed by atoms with Crippen molar-refractivity contribution in [3.63, 3.8) is 0 Å². The van der Waals surface area contributed by atoms with Gasteiger partial charge in [-0.05, 0) is 29.8 Å². The predicted octanol–water partition coefficient (Wildman–Crippen LogP) is 3.39. The molecule has 2 rings (SSSR count). The van der Waals surface area contributed by atoms with Crippen LogP contribution < -0.4 is 9.80 Å². The molecule has 0 unspecified atom stereocenters. The summed E-state index contributed by atoms with van der Waals surface area (Å²) in [4.78, 5) is 4.37. The summed E-state index contributed by atoms with van der Waals surface area (Å²) >= 11 is 0. The van der Waals surface area contributed by atoms with Gasteiger partial charge in [-0.25, -0.2) is 0 Å². The summed E-state index contributed by atoms with van der Waals surface area (Å²) in [5, 5.41) is 0. The lowest BCUT2D eigenvalue weighted by Gasteiger charge is -2.20. The zero-order valence-corrected chi connectivity index (χ0v) is 11.3. The van der Waals surface area contributed by atoms with Crippen molar-refractivity contribution in [1.29, 1.82) is 0 Å². The van der Waals surface area contributed by atoms with Gasteiger partial charge in [-0.2, -0.15) is 0 Å². The molecule has 0 aliphatic carbocycles. The normalized spacial score (nSPS) is 10.2. The fourth-order valence-electron chi connectivity index (χ4n) is 1.95. The van der Waals surface area contributed by atoms with Gasteiger partial charge in [0.2, 0.25) is 0 Å². The standard InChI is InChI=1S/C16H20N2/c1-17(2)15-11-9-14(10-12-15)13-18(3)16-7-5-4-6-8-16/h4-12H,13H2,1-3H3. The highest BCUT2D eigenvalue weighted by Crippen LogP contribution is 2.17. The second kappa shape index (κ2) is 5.58. The first-order valence-corrected chi connectivity index (χ1v) is 6.19. The maximum atomic E-state index is 2.25. The fourth-order valence-corrected chi connectivity index (χ4v) is 1.95. The quantitative estimate of drug-likeness (QED) is 0.808. The van der Waals surface area contributed by atoms with Crippen LogP contribution in [0.25, 0.3) is 0 Å². The third-order valence-electron chi connectivity index (χ3n) is 3.07. The first-order valence-electron chi connectivity index (χ1n) is 6.19. The van der Waals surface area contributed by atoms with Crippen molar-refractivity contribution in [3.8, 4) is 0 Å². The molecule has 18 heavy (non-hydrogen) atoms. The van der Waals surface area contributed by atoms with Crippen LogP contribution in [0.1, 0.15) is 5.56 Å². The van der Waals surface area contributed by atoms with E-state index in [-0.39, 0.29) is 0 Å². The highest BCUT2D eigenvalue weighted by molar-refractivity contribution is 5.48. The van der Waals surface area contributed by atoms with Crippen molar-refractivity contribution in [1.82, 2.24) is 0 Å². The lowest BCUT2D eigenvalue weighted by molar-refractivity contribution is 0.922. The second-order valence-electron chi connectivity index (χ2n) is 4.75. The molecule has 2 nitrogen and oxygen atoms in total. The molecule has 0 N–H and O–H groups in total. The molecule has 2 heteroatoms. The van der Waals surface area contributed by atoms with Crippen molar-refractivity contribution in [2.45, 2.75) is 6.54 Å². The smallest absolute Gasteiger partial charge is 0.0426 e. The van der Waals surface area contributed by atoms with E-state index in [2.05, 4.69) is 79.5 Å². The summed E-state index contributed by atoms with van der Waals surface area (Å²) in [6.45, 7) is 0.928. The van der Waals surface area contributed by atoms with Gasteiger partial charge in [-0.3, -0.25) is 0 Å². The van der Waals surface area contributed by atoms with Crippen molar-refractivity contribution >= 4 is 11.4 Å². The first kappa shape index (κ1) is 12.5. The molecule has 0 saturated heterocycles. The maximum Gasteiger partial charge on any atom is 0.0426 e. The molecule has 2 aromatic carbocycles. The zero-order valence-electron chi connectivity index (χ0n) is 11.3. The number of nitrogens with zero attached hydrogens (tertiary/aromatic N) is 2. The summed E-state index contributed by atoms with van der Waals surface area (Å²) in [7, 11) is 6.24. The van der Waals surface area contributed by atoms with Crippen LogP contribution in [0.4, 0.5) is 11.4 Å². The third-order valence-corrected chi connectivity index (χ3v) is 3.07. The van der Waals surface area contributed by atoms with Crippen LogP contribution in [0.2, 0.25) is 0 Å². The molecule has 0 fully saturated rings. The number of para-hydroxylation sites is 1. The van der Waals surface area contributed by atoms with Crippen LogP contribution >= 0.6 is 0 Å². The van der Waals surface area contributed by atoms with Crippen molar-refractivity contribution in [2.24, 2.45) is 0 Å². The minimum absolute atomic E-state index is 0.928. The third kappa shape index (κ3) is 3.04. The van der Waals surface area contributed by atoms with Crippen LogP contribution in [0.15, 0.2) is 54.6 Å². The van der Waals surface area contributed by atoms with E-state index >= 15 is 0 Å². The second-order valence-corrected chi connectivity index (χ2v) is 4.75. The minimum atomic E-state index is 0.928. The highest BCUT2D eigenvalue weighted by Gasteiger charge is 2.02. The summed E-state index contributed by atoms with van der Waals surface area (Å²) in [5.74, 6) is 0. The van der Waals surface area contributed by atoms with E-state index in [9.17, 15) is 0 Å². The van der Waals surface area contributed by atoms with Crippen LogP contribution in [0.5, 0.6) is 0 Å². The molecular formula is C16H20N2. The Kier molecular flexibility index (Phi) is 3.88. The molecular weight excluding hydrogens is 220 g/mol. The lowest BCUT2D eigenvalue weighted by atomic mass is 10.2. The van der Waals surface area contributed by atoms with E-state index in [1.165, 1.54) is 16.9 Å². The molecule has 0 saturated carbocycles. The Hall–Kier alpha value is -1.96. The van der Waals surface area contributed by atoms with Crippen LogP contribution in [-0.4, -0.2) is 21.1 Å². The average Bonchev–Trinajstić information content (AvgIpc) is 2.40. The van der Waals surface area contributed by atoms with Gasteiger partial charge >= 0.3 is 0 Å². The van der Waals surface area contributed by atoms with Gasteiger partial charge in [-0.15, -0.1) is 0 Å². The van der Waals surface area contributed by atoms with E-state index in [0.717, 1.165) is 6.54 Å². The van der Waals surface area contributed by atoms with E-state index < -0.39 is 0 Å². The number of benzene rings is 2. The molecule has 0 radical (unpaired) electrons. The molecule has 0 bridgehead atoms. The van der Waals surface area contributed by atoms with Crippen molar-refractivity contribution in [3.05, 3.63) is 60.2 Å². The summed E-state index contributed by atoms with van der Waals surface area (Å²) in [5.41, 5.74) is 3.81. The molecule has 0 atom stereocenters. The van der Waals surface area contributed by atoms with Crippen molar-refractivity contribution in [2.75, 3.05) is 30.9 Å². The SMILES string of the molecule is CN(C)c1ccc(CN(C)c2ccccc2)cc1. The number of hydrogen-bond acceptors (Lipinski definition) is 2. The molecule has 94 valence electrons. The van der Waals surface area contributed by atoms with E-state index in [4.69, 9.17) is 0 Å². The van der Waals surface area contributed by atoms with Gasteiger partial charge in [0.15, 0.2) is 0 Å². The minimum Gasteiger partial charge on any atom is -0.378 e.